The number of ether oxygens (including phenoxy) is 1. The number of hydrogen-bond acceptors (Lipinski definition) is 3. The Balaban J connectivity index is 1.86. The summed E-state index contributed by atoms with van der Waals surface area (Å²) in [5.41, 5.74) is -0.738. The zero-order chi connectivity index (χ0) is 17.6. The third kappa shape index (κ3) is 4.04. The second-order valence-electron chi connectivity index (χ2n) is 6.12. The molecule has 0 atom stereocenters. The minimum atomic E-state index is -0.738. The van der Waals surface area contributed by atoms with Gasteiger partial charge >= 0.3 is 6.03 Å². The van der Waals surface area contributed by atoms with E-state index in [2.05, 4.69) is 5.32 Å². The molecule has 0 saturated carbocycles. The van der Waals surface area contributed by atoms with E-state index in [1.54, 1.807) is 12.1 Å². The molecule has 0 aliphatic carbocycles. The Kier molecular flexibility index (Phi) is 6.17. The number of benzene rings is 1. The summed E-state index contributed by atoms with van der Waals surface area (Å²) in [5.74, 6) is 0.128. The first-order valence-corrected chi connectivity index (χ1v) is 8.55. The zero-order valence-corrected chi connectivity index (χ0v) is 14.3. The molecule has 1 N–H and O–H groups in total. The molecule has 1 heterocycles. The summed E-state index contributed by atoms with van der Waals surface area (Å²) in [7, 11) is 0. The molecule has 1 fully saturated rings. The van der Waals surface area contributed by atoms with E-state index in [4.69, 9.17) is 4.74 Å². The van der Waals surface area contributed by atoms with E-state index in [0.717, 1.165) is 12.8 Å². The van der Waals surface area contributed by atoms with Crippen molar-refractivity contribution in [1.29, 1.82) is 0 Å². The molecule has 0 aromatic heterocycles. The lowest BCUT2D eigenvalue weighted by atomic mass is 9.88. The summed E-state index contributed by atoms with van der Waals surface area (Å²) >= 11 is 0. The normalized spacial score (nSPS) is 16.4. The van der Waals surface area contributed by atoms with Crippen molar-refractivity contribution in [3.05, 3.63) is 30.1 Å². The molecule has 132 valence electrons. The van der Waals surface area contributed by atoms with Crippen molar-refractivity contribution in [3.63, 3.8) is 0 Å². The molecular formula is C18H25FN2O3. The van der Waals surface area contributed by atoms with Gasteiger partial charge in [0.15, 0.2) is 0 Å². The van der Waals surface area contributed by atoms with Gasteiger partial charge in [-0.15, -0.1) is 0 Å². The third-order valence-electron chi connectivity index (χ3n) is 4.21. The summed E-state index contributed by atoms with van der Waals surface area (Å²) in [5, 5.41) is 2.89. The van der Waals surface area contributed by atoms with E-state index in [1.165, 1.54) is 17.0 Å². The fraction of sp³-hybridized carbons (Fsp3) is 0.556. The van der Waals surface area contributed by atoms with Crippen LogP contribution in [0.2, 0.25) is 0 Å². The quantitative estimate of drug-likeness (QED) is 0.555. The van der Waals surface area contributed by atoms with Crippen LogP contribution in [0.1, 0.15) is 46.0 Å². The van der Waals surface area contributed by atoms with E-state index in [-0.39, 0.29) is 17.8 Å². The Labute approximate surface area is 142 Å². The number of nitrogens with one attached hydrogen (secondary N) is 1. The monoisotopic (exact) mass is 336 g/mol. The molecule has 1 aliphatic rings. The Hall–Kier alpha value is -2.11. The number of urea groups is 1. The van der Waals surface area contributed by atoms with Gasteiger partial charge < -0.3 is 10.1 Å². The second-order valence-corrected chi connectivity index (χ2v) is 6.12. The average molecular weight is 336 g/mol. The molecule has 1 saturated heterocycles. The highest BCUT2D eigenvalue weighted by Crippen LogP contribution is 2.28. The maximum absolute atomic E-state index is 12.8. The highest BCUT2D eigenvalue weighted by molar-refractivity contribution is 6.07. The van der Waals surface area contributed by atoms with Gasteiger partial charge in [-0.3, -0.25) is 9.69 Å². The number of rotatable bonds is 9. The van der Waals surface area contributed by atoms with Crippen molar-refractivity contribution >= 4 is 11.9 Å². The van der Waals surface area contributed by atoms with Gasteiger partial charge in [0.1, 0.15) is 17.1 Å². The van der Waals surface area contributed by atoms with Crippen LogP contribution in [0.25, 0.3) is 0 Å². The molecule has 1 aromatic carbocycles. The van der Waals surface area contributed by atoms with Crippen LogP contribution in [0.15, 0.2) is 24.3 Å². The van der Waals surface area contributed by atoms with E-state index in [1.807, 2.05) is 13.8 Å². The van der Waals surface area contributed by atoms with Crippen LogP contribution in [-0.4, -0.2) is 35.5 Å². The van der Waals surface area contributed by atoms with Gasteiger partial charge in [0, 0.05) is 6.54 Å². The number of hydrogen-bond donors (Lipinski definition) is 1. The van der Waals surface area contributed by atoms with Crippen molar-refractivity contribution in [3.8, 4) is 5.75 Å². The van der Waals surface area contributed by atoms with Crippen LogP contribution in [0.5, 0.6) is 5.75 Å². The average Bonchev–Trinajstić information content (AvgIpc) is 2.78. The summed E-state index contributed by atoms with van der Waals surface area (Å²) < 4.78 is 18.3. The van der Waals surface area contributed by atoms with Crippen LogP contribution in [0.4, 0.5) is 9.18 Å². The first-order valence-electron chi connectivity index (χ1n) is 8.55. The molecule has 0 bridgehead atoms. The summed E-state index contributed by atoms with van der Waals surface area (Å²) in [6.07, 6.45) is 3.54. The van der Waals surface area contributed by atoms with Gasteiger partial charge in [0.2, 0.25) is 0 Å². The highest BCUT2D eigenvalue weighted by Gasteiger charge is 2.49. The van der Waals surface area contributed by atoms with Crippen LogP contribution in [0, 0.1) is 5.82 Å². The lowest BCUT2D eigenvalue weighted by Gasteiger charge is -2.25. The van der Waals surface area contributed by atoms with E-state index in [0.29, 0.717) is 38.2 Å². The van der Waals surface area contributed by atoms with Gasteiger partial charge in [-0.25, -0.2) is 9.18 Å². The summed E-state index contributed by atoms with van der Waals surface area (Å²) in [4.78, 5) is 26.1. The van der Waals surface area contributed by atoms with E-state index >= 15 is 0 Å². The standard InChI is InChI=1S/C18H25FN2O3/c1-3-10-18(11-4-2)16(22)21(17(23)20-18)12-5-13-24-15-8-6-14(19)7-9-15/h6-9H,3-5,10-13H2,1-2H3,(H,20,23). The first-order chi connectivity index (χ1) is 11.5. The first kappa shape index (κ1) is 18.2. The maximum Gasteiger partial charge on any atom is 0.325 e. The molecule has 5 nitrogen and oxygen atoms in total. The fourth-order valence-electron chi connectivity index (χ4n) is 3.14. The fourth-order valence-corrected chi connectivity index (χ4v) is 3.14. The number of carbonyl (C=O) groups is 2. The number of halogens is 1. The van der Waals surface area contributed by atoms with E-state index < -0.39 is 5.54 Å². The largest absolute Gasteiger partial charge is 0.494 e. The van der Waals surface area contributed by atoms with Crippen molar-refractivity contribution < 1.29 is 18.7 Å². The molecular weight excluding hydrogens is 311 g/mol. The summed E-state index contributed by atoms with van der Waals surface area (Å²) in [6.45, 7) is 4.70. The Morgan fingerprint density at radius 2 is 1.75 bits per heavy atom. The van der Waals surface area contributed by atoms with Crippen LogP contribution >= 0.6 is 0 Å². The zero-order valence-electron chi connectivity index (χ0n) is 14.3. The minimum Gasteiger partial charge on any atom is -0.494 e. The second kappa shape index (κ2) is 8.13. The summed E-state index contributed by atoms with van der Waals surface area (Å²) in [6, 6.07) is 5.45. The van der Waals surface area contributed by atoms with Gasteiger partial charge in [-0.05, 0) is 43.5 Å². The molecule has 1 aromatic rings. The van der Waals surface area contributed by atoms with Crippen LogP contribution in [-0.2, 0) is 4.79 Å². The molecule has 1 aliphatic heterocycles. The Morgan fingerprint density at radius 1 is 1.12 bits per heavy atom. The lowest BCUT2D eigenvalue weighted by molar-refractivity contribution is -0.132. The topological polar surface area (TPSA) is 58.6 Å². The third-order valence-corrected chi connectivity index (χ3v) is 4.21. The SMILES string of the molecule is CCCC1(CCC)NC(=O)N(CCCOc2ccc(F)cc2)C1=O. The Bertz CT molecular complexity index is 568. The molecule has 24 heavy (non-hydrogen) atoms. The van der Waals surface area contributed by atoms with Gasteiger partial charge in [-0.1, -0.05) is 26.7 Å². The van der Waals surface area contributed by atoms with Gasteiger partial charge in [0.25, 0.3) is 5.91 Å². The minimum absolute atomic E-state index is 0.127. The van der Waals surface area contributed by atoms with Gasteiger partial charge in [-0.2, -0.15) is 0 Å². The molecule has 0 spiro atoms. The number of nitrogens with zero attached hydrogens (tertiary/aromatic N) is 1. The molecule has 2 rings (SSSR count). The highest BCUT2D eigenvalue weighted by atomic mass is 19.1. The predicted molar refractivity (Wildman–Crippen MR) is 89.3 cm³/mol. The van der Waals surface area contributed by atoms with E-state index in [9.17, 15) is 14.0 Å². The molecule has 0 radical (unpaired) electrons. The van der Waals surface area contributed by atoms with Crippen LogP contribution in [0.3, 0.4) is 0 Å². The van der Waals surface area contributed by atoms with Crippen molar-refractivity contribution in [2.45, 2.75) is 51.5 Å². The number of carbonyl (C=O) groups excluding carboxylic acids is 2. The maximum atomic E-state index is 12.8. The molecule has 3 amide bonds. The molecule has 0 unspecified atom stereocenters. The van der Waals surface area contributed by atoms with Crippen molar-refractivity contribution in [2.75, 3.05) is 13.2 Å². The lowest BCUT2D eigenvalue weighted by Crippen LogP contribution is -2.46. The Morgan fingerprint density at radius 3 is 2.33 bits per heavy atom. The van der Waals surface area contributed by atoms with Crippen LogP contribution < -0.4 is 10.1 Å². The van der Waals surface area contributed by atoms with Crippen molar-refractivity contribution in [2.24, 2.45) is 0 Å². The number of imide groups is 1. The number of amides is 3. The van der Waals surface area contributed by atoms with Gasteiger partial charge in [0.05, 0.1) is 6.61 Å². The predicted octanol–water partition coefficient (Wildman–Crippen LogP) is 3.49. The smallest absolute Gasteiger partial charge is 0.325 e. The van der Waals surface area contributed by atoms with Crippen molar-refractivity contribution in [1.82, 2.24) is 10.2 Å². The molecule has 6 heteroatoms.